The van der Waals surface area contributed by atoms with Gasteiger partial charge in [0.05, 0.1) is 5.75 Å². The van der Waals surface area contributed by atoms with Crippen LogP contribution in [0.5, 0.6) is 0 Å². The number of aryl methyl sites for hydroxylation is 1. The van der Waals surface area contributed by atoms with Crippen LogP contribution in [0.25, 0.3) is 17.1 Å². The Labute approximate surface area is 194 Å². The highest BCUT2D eigenvalue weighted by atomic mass is 35.5. The minimum absolute atomic E-state index is 0.118. The van der Waals surface area contributed by atoms with Gasteiger partial charge in [-0.1, -0.05) is 52.7 Å². The molecule has 4 rings (SSSR count). The third kappa shape index (κ3) is 5.28. The van der Waals surface area contributed by atoms with Gasteiger partial charge < -0.3 is 5.32 Å². The molecule has 1 aromatic heterocycles. The standard InChI is InChI=1S/C23H18Cl2N4OS/c1-15-2-10-19(11-3-15)26-21(30)14-31-23-28-27-22(16-4-6-17(24)7-5-16)29(23)20-12-8-18(25)9-13-20/h2-13H,14H2,1H3,(H,26,30). The summed E-state index contributed by atoms with van der Waals surface area (Å²) in [4.78, 5) is 12.5. The topological polar surface area (TPSA) is 59.8 Å². The second kappa shape index (κ2) is 9.56. The van der Waals surface area contributed by atoms with E-state index < -0.39 is 0 Å². The zero-order valence-electron chi connectivity index (χ0n) is 16.5. The maximum atomic E-state index is 12.5. The lowest BCUT2D eigenvalue weighted by atomic mass is 10.2. The van der Waals surface area contributed by atoms with E-state index in [1.54, 1.807) is 24.3 Å². The number of anilines is 1. The van der Waals surface area contributed by atoms with Crippen LogP contribution in [0.1, 0.15) is 5.56 Å². The predicted octanol–water partition coefficient (Wildman–Crippen LogP) is 6.28. The second-order valence-corrected chi connectivity index (χ2v) is 8.64. The number of carbonyl (C=O) groups excluding carboxylic acids is 1. The van der Waals surface area contributed by atoms with Crippen LogP contribution >= 0.6 is 35.0 Å². The molecule has 8 heteroatoms. The van der Waals surface area contributed by atoms with Crippen molar-refractivity contribution < 1.29 is 4.79 Å². The Hall–Kier alpha value is -2.80. The monoisotopic (exact) mass is 468 g/mol. The van der Waals surface area contributed by atoms with E-state index in [1.165, 1.54) is 11.8 Å². The lowest BCUT2D eigenvalue weighted by Gasteiger charge is -2.11. The van der Waals surface area contributed by atoms with Gasteiger partial charge in [0.25, 0.3) is 0 Å². The van der Waals surface area contributed by atoms with Gasteiger partial charge in [0.1, 0.15) is 0 Å². The summed E-state index contributed by atoms with van der Waals surface area (Å²) < 4.78 is 1.91. The van der Waals surface area contributed by atoms with E-state index in [4.69, 9.17) is 23.2 Å². The summed E-state index contributed by atoms with van der Waals surface area (Å²) in [6.07, 6.45) is 0. The molecule has 0 fully saturated rings. The van der Waals surface area contributed by atoms with Crippen LogP contribution < -0.4 is 5.32 Å². The quantitative estimate of drug-likeness (QED) is 0.338. The van der Waals surface area contributed by atoms with Gasteiger partial charge in [0.2, 0.25) is 5.91 Å². The Morgan fingerprint density at radius 2 is 1.52 bits per heavy atom. The molecule has 1 N–H and O–H groups in total. The molecule has 0 aliphatic rings. The summed E-state index contributed by atoms with van der Waals surface area (Å²) in [5.41, 5.74) is 3.61. The van der Waals surface area contributed by atoms with Gasteiger partial charge in [0.15, 0.2) is 11.0 Å². The van der Waals surface area contributed by atoms with Crippen LogP contribution in [0, 0.1) is 6.92 Å². The molecule has 0 bridgehead atoms. The van der Waals surface area contributed by atoms with Crippen molar-refractivity contribution in [1.82, 2.24) is 14.8 Å². The maximum Gasteiger partial charge on any atom is 0.234 e. The molecule has 0 radical (unpaired) electrons. The first-order valence-electron chi connectivity index (χ1n) is 9.46. The molecule has 4 aromatic rings. The normalized spacial score (nSPS) is 10.8. The summed E-state index contributed by atoms with van der Waals surface area (Å²) in [5, 5.41) is 13.5. The molecule has 5 nitrogen and oxygen atoms in total. The molecule has 0 aliphatic heterocycles. The number of carbonyl (C=O) groups is 1. The van der Waals surface area contributed by atoms with Gasteiger partial charge >= 0.3 is 0 Å². The van der Waals surface area contributed by atoms with E-state index in [1.807, 2.05) is 60.0 Å². The summed E-state index contributed by atoms with van der Waals surface area (Å²) in [6.45, 7) is 2.00. The van der Waals surface area contributed by atoms with Crippen LogP contribution in [0.4, 0.5) is 5.69 Å². The van der Waals surface area contributed by atoms with E-state index in [-0.39, 0.29) is 11.7 Å². The lowest BCUT2D eigenvalue weighted by molar-refractivity contribution is -0.113. The first kappa shape index (κ1) is 21.4. The molecule has 156 valence electrons. The van der Waals surface area contributed by atoms with Crippen molar-refractivity contribution in [3.05, 3.63) is 88.4 Å². The van der Waals surface area contributed by atoms with Crippen molar-refractivity contribution in [2.75, 3.05) is 11.1 Å². The minimum atomic E-state index is -0.118. The highest BCUT2D eigenvalue weighted by Gasteiger charge is 2.17. The molecule has 0 unspecified atom stereocenters. The molecule has 1 amide bonds. The first-order chi connectivity index (χ1) is 15.0. The summed E-state index contributed by atoms with van der Waals surface area (Å²) in [5.74, 6) is 0.730. The van der Waals surface area contributed by atoms with Crippen LogP contribution in [0.15, 0.2) is 78.0 Å². The maximum absolute atomic E-state index is 12.5. The number of halogens is 2. The van der Waals surface area contributed by atoms with Crippen molar-refractivity contribution in [2.24, 2.45) is 0 Å². The Balaban J connectivity index is 1.59. The molecule has 31 heavy (non-hydrogen) atoms. The number of nitrogens with zero attached hydrogens (tertiary/aromatic N) is 3. The Bertz CT molecular complexity index is 1190. The number of thioether (sulfide) groups is 1. The molecule has 0 spiro atoms. The van der Waals surface area contributed by atoms with E-state index in [0.29, 0.717) is 21.0 Å². The van der Waals surface area contributed by atoms with Crippen molar-refractivity contribution in [3.63, 3.8) is 0 Å². The number of hydrogen-bond donors (Lipinski definition) is 1. The number of rotatable bonds is 6. The number of benzene rings is 3. The van der Waals surface area contributed by atoms with E-state index in [2.05, 4.69) is 15.5 Å². The molecular weight excluding hydrogens is 451 g/mol. The molecule has 0 saturated heterocycles. The van der Waals surface area contributed by atoms with Crippen LogP contribution in [-0.2, 0) is 4.79 Å². The Morgan fingerprint density at radius 3 is 2.16 bits per heavy atom. The number of amides is 1. The fourth-order valence-corrected chi connectivity index (χ4v) is 3.94. The smallest absolute Gasteiger partial charge is 0.234 e. The highest BCUT2D eigenvalue weighted by molar-refractivity contribution is 7.99. The second-order valence-electron chi connectivity index (χ2n) is 6.83. The van der Waals surface area contributed by atoms with E-state index in [9.17, 15) is 4.79 Å². The zero-order valence-corrected chi connectivity index (χ0v) is 18.9. The van der Waals surface area contributed by atoms with Gasteiger partial charge in [-0.15, -0.1) is 10.2 Å². The average molecular weight is 469 g/mol. The fourth-order valence-electron chi connectivity index (χ4n) is 2.94. The zero-order chi connectivity index (χ0) is 21.8. The largest absolute Gasteiger partial charge is 0.325 e. The van der Waals surface area contributed by atoms with Crippen LogP contribution in [-0.4, -0.2) is 26.4 Å². The fraction of sp³-hybridized carbons (Fsp3) is 0.0870. The third-order valence-corrected chi connectivity index (χ3v) is 5.92. The summed E-state index contributed by atoms with van der Waals surface area (Å²) >= 11 is 13.4. The van der Waals surface area contributed by atoms with Crippen molar-refractivity contribution >= 4 is 46.6 Å². The molecule has 0 atom stereocenters. The highest BCUT2D eigenvalue weighted by Crippen LogP contribution is 2.29. The van der Waals surface area contributed by atoms with Gasteiger partial charge in [-0.05, 0) is 67.6 Å². The average Bonchev–Trinajstić information content (AvgIpc) is 3.19. The van der Waals surface area contributed by atoms with Crippen molar-refractivity contribution in [3.8, 4) is 17.1 Å². The third-order valence-electron chi connectivity index (χ3n) is 4.49. The molecular formula is C23H18Cl2N4OS. The van der Waals surface area contributed by atoms with E-state index in [0.717, 1.165) is 22.5 Å². The van der Waals surface area contributed by atoms with Crippen molar-refractivity contribution in [1.29, 1.82) is 0 Å². The van der Waals surface area contributed by atoms with Gasteiger partial charge in [0, 0.05) is 27.0 Å². The van der Waals surface area contributed by atoms with E-state index >= 15 is 0 Å². The molecule has 1 heterocycles. The van der Waals surface area contributed by atoms with Gasteiger partial charge in [-0.3, -0.25) is 9.36 Å². The number of aromatic nitrogens is 3. The van der Waals surface area contributed by atoms with Gasteiger partial charge in [-0.2, -0.15) is 0 Å². The SMILES string of the molecule is Cc1ccc(NC(=O)CSc2nnc(-c3ccc(Cl)cc3)n2-c2ccc(Cl)cc2)cc1. The molecule has 0 aliphatic carbocycles. The predicted molar refractivity (Wildman–Crippen MR) is 127 cm³/mol. The first-order valence-corrected chi connectivity index (χ1v) is 11.2. The lowest BCUT2D eigenvalue weighted by Crippen LogP contribution is -2.14. The Kier molecular flexibility index (Phi) is 6.61. The molecule has 3 aromatic carbocycles. The van der Waals surface area contributed by atoms with Crippen molar-refractivity contribution in [2.45, 2.75) is 12.1 Å². The summed E-state index contributed by atoms with van der Waals surface area (Å²) in [6, 6.07) is 22.5. The molecule has 0 saturated carbocycles. The minimum Gasteiger partial charge on any atom is -0.325 e. The number of nitrogens with one attached hydrogen (secondary N) is 1. The Morgan fingerprint density at radius 1 is 0.903 bits per heavy atom. The van der Waals surface area contributed by atoms with Gasteiger partial charge in [-0.25, -0.2) is 0 Å². The van der Waals surface area contributed by atoms with Crippen LogP contribution in [0.2, 0.25) is 10.0 Å². The number of hydrogen-bond acceptors (Lipinski definition) is 4. The summed E-state index contributed by atoms with van der Waals surface area (Å²) in [7, 11) is 0. The van der Waals surface area contributed by atoms with Crippen LogP contribution in [0.3, 0.4) is 0 Å².